The zero-order chi connectivity index (χ0) is 10.6. The third-order valence-corrected chi connectivity index (χ3v) is 2.46. The van der Waals surface area contributed by atoms with Crippen molar-refractivity contribution in [2.24, 2.45) is 5.14 Å². The van der Waals surface area contributed by atoms with Crippen molar-refractivity contribution in [1.82, 2.24) is 0 Å². The summed E-state index contributed by atoms with van der Waals surface area (Å²) in [6, 6.07) is 5.56. The van der Waals surface area contributed by atoms with Crippen LogP contribution in [0.15, 0.2) is 17.0 Å². The van der Waals surface area contributed by atoms with Crippen molar-refractivity contribution < 1.29 is 35.5 Å². The Morgan fingerprint density at radius 2 is 2.40 bits per heavy atom. The second-order valence-corrected chi connectivity index (χ2v) is 3.35. The summed E-state index contributed by atoms with van der Waals surface area (Å²) >= 11 is 6.67. The molecule has 0 bridgehead atoms. The van der Waals surface area contributed by atoms with Crippen LogP contribution < -0.4 is 10.6 Å². The van der Waals surface area contributed by atoms with Gasteiger partial charge in [-0.25, -0.2) is 0 Å². The third-order valence-electron chi connectivity index (χ3n) is 1.44. The fraction of sp³-hybridized carbons (Fsp3) is 0. The predicted octanol–water partition coefficient (Wildman–Crippen LogP) is -0.125. The van der Waals surface area contributed by atoms with Gasteiger partial charge in [0.25, 0.3) is 0 Å². The van der Waals surface area contributed by atoms with Gasteiger partial charge in [0.2, 0.25) is 0 Å². The van der Waals surface area contributed by atoms with Crippen LogP contribution in [0.5, 0.6) is 0 Å². The van der Waals surface area contributed by atoms with Gasteiger partial charge in [-0.15, -0.1) is 5.46 Å². The second-order valence-electron chi connectivity index (χ2n) is 2.27. The maximum Gasteiger partial charge on any atom is 2.00 e. The maximum absolute atomic E-state index is 9.83. The van der Waals surface area contributed by atoms with Crippen LogP contribution in [0.25, 0.3) is 0 Å². The number of hydrogen-bond donors (Lipinski definition) is 2. The minimum Gasteiger partial charge on any atom is -0.702 e. The Labute approximate surface area is 111 Å². The van der Waals surface area contributed by atoms with E-state index in [9.17, 15) is 9.82 Å². The standard InChI is InChI=1S/C7H5BClNO3S.W/c9-6-2-1-5(3-7(6)14-10)8(12)13-4-11;/h2-3,12H,10H2;/q-2;+2. The molecule has 1 aromatic rings. The largest absolute Gasteiger partial charge is 2.00 e. The quantitative estimate of drug-likeness (QED) is 0.409. The molecule has 0 aliphatic heterocycles. The van der Waals surface area contributed by atoms with Crippen molar-refractivity contribution >= 4 is 42.6 Å². The SMILES string of the molecule is NSc1cc(B(O)O[C-]=O)[c-]cc1Cl.[W+2]. The summed E-state index contributed by atoms with van der Waals surface area (Å²) in [6.07, 6.45) is 0. The average Bonchev–Trinajstić information content (AvgIpc) is 2.19. The molecule has 3 N–H and O–H groups in total. The average molecular weight is 413 g/mol. The fourth-order valence-corrected chi connectivity index (χ4v) is 1.42. The Balaban J connectivity index is 0.00000196. The first-order valence-electron chi connectivity index (χ1n) is 3.47. The molecule has 0 amide bonds. The van der Waals surface area contributed by atoms with Gasteiger partial charge in [0.1, 0.15) is 0 Å². The molecule has 0 heterocycles. The van der Waals surface area contributed by atoms with E-state index in [1.807, 2.05) is 0 Å². The van der Waals surface area contributed by atoms with E-state index in [2.05, 4.69) is 10.7 Å². The van der Waals surface area contributed by atoms with Gasteiger partial charge >= 0.3 is 28.2 Å². The minimum absolute atomic E-state index is 0. The van der Waals surface area contributed by atoms with E-state index >= 15 is 0 Å². The number of benzene rings is 1. The molecule has 0 aliphatic rings. The van der Waals surface area contributed by atoms with E-state index in [1.54, 1.807) is 0 Å². The molecule has 0 fully saturated rings. The van der Waals surface area contributed by atoms with Crippen molar-refractivity contribution in [3.05, 3.63) is 23.2 Å². The molecule has 0 aromatic heterocycles. The number of carbonyl (C=O) groups excluding carboxylic acids is 1. The number of nitrogens with two attached hydrogens (primary N) is 1. The summed E-state index contributed by atoms with van der Waals surface area (Å²) in [7, 11) is -1.39. The van der Waals surface area contributed by atoms with Crippen molar-refractivity contribution in [3.63, 3.8) is 0 Å². The molecule has 8 heteroatoms. The van der Waals surface area contributed by atoms with Gasteiger partial charge in [-0.3, -0.25) is 5.14 Å². The van der Waals surface area contributed by atoms with E-state index in [0.29, 0.717) is 9.92 Å². The van der Waals surface area contributed by atoms with Crippen LogP contribution in [0.1, 0.15) is 0 Å². The Kier molecular flexibility index (Phi) is 7.31. The Morgan fingerprint density at radius 3 is 2.93 bits per heavy atom. The van der Waals surface area contributed by atoms with Crippen molar-refractivity contribution in [2.75, 3.05) is 0 Å². The molecule has 1 aromatic carbocycles. The van der Waals surface area contributed by atoms with Crippen LogP contribution in [0.3, 0.4) is 0 Å². The van der Waals surface area contributed by atoms with Crippen molar-refractivity contribution in [3.8, 4) is 0 Å². The number of hydrogen-bond acceptors (Lipinski definition) is 5. The molecular formula is C7H5BClNO3SW. The van der Waals surface area contributed by atoms with Crippen LogP contribution in [0.2, 0.25) is 5.02 Å². The Hall–Kier alpha value is 0.00325. The molecule has 0 unspecified atom stereocenters. The van der Waals surface area contributed by atoms with E-state index in [1.165, 1.54) is 12.1 Å². The van der Waals surface area contributed by atoms with Crippen molar-refractivity contribution in [2.45, 2.75) is 4.90 Å². The monoisotopic (exact) mass is 413 g/mol. The number of rotatable bonds is 4. The molecule has 0 saturated carbocycles. The Morgan fingerprint density at radius 1 is 1.73 bits per heavy atom. The van der Waals surface area contributed by atoms with Gasteiger partial charge in [0.15, 0.2) is 0 Å². The molecule has 0 aliphatic carbocycles. The molecule has 78 valence electrons. The van der Waals surface area contributed by atoms with Gasteiger partial charge in [0, 0.05) is 0 Å². The normalized spacial score (nSPS) is 9.00. The van der Waals surface area contributed by atoms with E-state index in [-0.39, 0.29) is 26.5 Å². The van der Waals surface area contributed by atoms with E-state index < -0.39 is 7.12 Å². The van der Waals surface area contributed by atoms with Crippen LogP contribution in [0.4, 0.5) is 0 Å². The fourth-order valence-electron chi connectivity index (χ4n) is 0.812. The predicted molar refractivity (Wildman–Crippen MR) is 54.7 cm³/mol. The first-order chi connectivity index (χ1) is 6.69. The molecule has 0 radical (unpaired) electrons. The topological polar surface area (TPSA) is 72.6 Å². The van der Waals surface area contributed by atoms with Gasteiger partial charge in [-0.1, -0.05) is 28.3 Å². The third kappa shape index (κ3) is 4.17. The minimum atomic E-state index is -1.39. The van der Waals surface area contributed by atoms with E-state index in [0.717, 1.165) is 18.4 Å². The summed E-state index contributed by atoms with van der Waals surface area (Å²) in [5, 5.41) is 15.0. The summed E-state index contributed by atoms with van der Waals surface area (Å²) < 4.78 is 4.19. The molecule has 15 heavy (non-hydrogen) atoms. The first kappa shape index (κ1) is 15.0. The second kappa shape index (κ2) is 7.31. The van der Waals surface area contributed by atoms with Gasteiger partial charge in [-0.2, -0.15) is 29.8 Å². The van der Waals surface area contributed by atoms with Gasteiger partial charge in [-0.05, 0) is 0 Å². The van der Waals surface area contributed by atoms with Crippen LogP contribution in [-0.2, 0) is 30.5 Å². The zero-order valence-electron chi connectivity index (χ0n) is 7.27. The summed E-state index contributed by atoms with van der Waals surface area (Å²) in [6.45, 7) is 1.13. The molecule has 4 nitrogen and oxygen atoms in total. The van der Waals surface area contributed by atoms with E-state index in [4.69, 9.17) is 16.7 Å². The summed E-state index contributed by atoms with van der Waals surface area (Å²) in [5.74, 6) is 0. The number of halogens is 1. The molecule has 0 atom stereocenters. The van der Waals surface area contributed by atoms with Crippen LogP contribution in [0, 0.1) is 6.07 Å². The molecule has 0 saturated heterocycles. The maximum atomic E-state index is 9.83. The molecular weight excluding hydrogens is 408 g/mol. The Bertz CT molecular complexity index is 344. The van der Waals surface area contributed by atoms with Crippen LogP contribution >= 0.6 is 23.5 Å². The van der Waals surface area contributed by atoms with Crippen molar-refractivity contribution in [1.29, 1.82) is 0 Å². The van der Waals surface area contributed by atoms with Crippen LogP contribution in [-0.4, -0.2) is 18.6 Å². The zero-order valence-corrected chi connectivity index (χ0v) is 11.8. The molecule has 0 spiro atoms. The summed E-state index contributed by atoms with van der Waals surface area (Å²) in [4.78, 5) is 10.4. The van der Waals surface area contributed by atoms with Gasteiger partial charge in [0.05, 0.1) is 0 Å². The smallest absolute Gasteiger partial charge is 0.702 e. The summed E-state index contributed by atoms with van der Waals surface area (Å²) in [5.41, 5.74) is 0.269. The molecule has 1 rings (SSSR count). The van der Waals surface area contributed by atoms with Gasteiger partial charge < -0.3 is 14.5 Å². The first-order valence-corrected chi connectivity index (χ1v) is 4.73.